The fraction of sp³-hybridized carbons (Fsp3) is 0.421. The van der Waals surface area contributed by atoms with E-state index in [9.17, 15) is 0 Å². The van der Waals surface area contributed by atoms with Crippen LogP contribution in [0.25, 0.3) is 21.5 Å². The molecule has 0 spiro atoms. The molecule has 0 aliphatic heterocycles. The predicted molar refractivity (Wildman–Crippen MR) is 336 cm³/mol. The minimum atomic E-state index is 0.615. The lowest BCUT2D eigenvalue weighted by Gasteiger charge is -2.17. The standard InChI is InChI=1S/2C13H18.2C13H14.2C12H16/c4*1-10(2)12-8-7-11-5-3-4-6-13(11)9-12;2*1-9(2)11-7-6-10-4-3-5-12(10)8-11/h2*7-10H,3-6H2,1-2H3;2*3-10H,1-2H3;2*6-9H,3-5H2,1-2H3. The summed E-state index contributed by atoms with van der Waals surface area (Å²) >= 11 is 0. The summed E-state index contributed by atoms with van der Waals surface area (Å²) in [5.41, 5.74) is 21.6. The van der Waals surface area contributed by atoms with Gasteiger partial charge in [-0.25, -0.2) is 0 Å². The molecule has 0 nitrogen and oxygen atoms in total. The lowest BCUT2D eigenvalue weighted by molar-refractivity contribution is 0.682. The minimum absolute atomic E-state index is 0.615. The summed E-state index contributed by atoms with van der Waals surface area (Å²) in [5.74, 6) is 3.93. The monoisotopic (exact) mass is 1010 g/mol. The van der Waals surface area contributed by atoms with E-state index in [2.05, 4.69) is 241 Å². The van der Waals surface area contributed by atoms with Crippen LogP contribution in [-0.2, 0) is 51.4 Å². The summed E-state index contributed by atoms with van der Waals surface area (Å²) in [7, 11) is 0. The zero-order chi connectivity index (χ0) is 54.1. The van der Waals surface area contributed by atoms with E-state index in [1.807, 2.05) is 0 Å². The maximum absolute atomic E-state index is 2.42. The Morgan fingerprint density at radius 1 is 0.197 bits per heavy atom. The summed E-state index contributed by atoms with van der Waals surface area (Å²) < 4.78 is 0. The Morgan fingerprint density at radius 2 is 0.408 bits per heavy atom. The van der Waals surface area contributed by atoms with Gasteiger partial charge in [-0.1, -0.05) is 241 Å². The Morgan fingerprint density at radius 3 is 0.684 bits per heavy atom. The van der Waals surface area contributed by atoms with E-state index in [1.165, 1.54) is 145 Å². The molecule has 12 rings (SSSR count). The Bertz CT molecular complexity index is 2850. The predicted octanol–water partition coefficient (Wildman–Crippen LogP) is 21.9. The van der Waals surface area contributed by atoms with E-state index in [-0.39, 0.29) is 0 Å². The van der Waals surface area contributed by atoms with Crippen LogP contribution in [0.5, 0.6) is 0 Å². The number of aryl methyl sites for hydroxylation is 8. The first kappa shape index (κ1) is 58.0. The highest BCUT2D eigenvalue weighted by atomic mass is 14.2. The smallest absolute Gasteiger partial charge is 0.0181 e. The second-order valence-electron chi connectivity index (χ2n) is 24.4. The van der Waals surface area contributed by atoms with Crippen LogP contribution in [0.15, 0.2) is 158 Å². The van der Waals surface area contributed by atoms with Crippen LogP contribution in [0.4, 0.5) is 0 Å². The number of hydrogen-bond donors (Lipinski definition) is 0. The van der Waals surface area contributed by atoms with Gasteiger partial charge in [0, 0.05) is 0 Å². The molecule has 0 unspecified atom stereocenters. The molecule has 8 aromatic rings. The van der Waals surface area contributed by atoms with Crippen LogP contribution in [0, 0.1) is 0 Å². The van der Waals surface area contributed by atoms with Crippen LogP contribution in [0.2, 0.25) is 0 Å². The van der Waals surface area contributed by atoms with E-state index in [0.717, 1.165) is 0 Å². The molecule has 0 heteroatoms. The van der Waals surface area contributed by atoms with Crippen molar-refractivity contribution in [1.29, 1.82) is 0 Å². The van der Waals surface area contributed by atoms with Crippen LogP contribution in [0.3, 0.4) is 0 Å². The fourth-order valence-electron chi connectivity index (χ4n) is 11.3. The summed E-state index contributed by atoms with van der Waals surface area (Å²) in [4.78, 5) is 0. The van der Waals surface area contributed by atoms with Gasteiger partial charge in [-0.15, -0.1) is 0 Å². The van der Waals surface area contributed by atoms with Gasteiger partial charge in [0.2, 0.25) is 0 Å². The van der Waals surface area contributed by atoms with Gasteiger partial charge >= 0.3 is 0 Å². The highest BCUT2D eigenvalue weighted by molar-refractivity contribution is 5.83. The maximum Gasteiger partial charge on any atom is -0.0181 e. The maximum atomic E-state index is 2.42. The first-order chi connectivity index (χ1) is 36.6. The van der Waals surface area contributed by atoms with Gasteiger partial charge in [-0.05, 0) is 225 Å². The third-order valence-corrected chi connectivity index (χ3v) is 16.5. The van der Waals surface area contributed by atoms with Gasteiger partial charge in [0.15, 0.2) is 0 Å². The molecule has 4 aliphatic rings. The second kappa shape index (κ2) is 28.6. The number of hydrogen-bond acceptors (Lipinski definition) is 0. The molecule has 4 aliphatic carbocycles. The molecule has 0 aromatic heterocycles. The highest BCUT2D eigenvalue weighted by Gasteiger charge is 2.14. The molecule has 0 atom stereocenters. The van der Waals surface area contributed by atoms with Crippen molar-refractivity contribution in [2.45, 2.75) is 208 Å². The van der Waals surface area contributed by atoms with Gasteiger partial charge in [-0.3, -0.25) is 0 Å². The van der Waals surface area contributed by atoms with E-state index < -0.39 is 0 Å². The lowest BCUT2D eigenvalue weighted by Crippen LogP contribution is -2.03. The summed E-state index contributed by atoms with van der Waals surface area (Å²) in [6, 6.07) is 58.5. The summed E-state index contributed by atoms with van der Waals surface area (Å²) in [6.45, 7) is 27.0. The van der Waals surface area contributed by atoms with Gasteiger partial charge in [0.25, 0.3) is 0 Å². The van der Waals surface area contributed by atoms with Crippen molar-refractivity contribution >= 4 is 21.5 Å². The van der Waals surface area contributed by atoms with Gasteiger partial charge < -0.3 is 0 Å². The molecule has 0 amide bonds. The Kier molecular flexibility index (Phi) is 21.8. The number of fused-ring (bicyclic) bond motifs is 6. The van der Waals surface area contributed by atoms with Gasteiger partial charge in [0.05, 0.1) is 0 Å². The molecule has 0 bridgehead atoms. The van der Waals surface area contributed by atoms with Gasteiger partial charge in [-0.2, -0.15) is 0 Å². The third-order valence-electron chi connectivity index (χ3n) is 16.5. The third kappa shape index (κ3) is 16.6. The summed E-state index contributed by atoms with van der Waals surface area (Å²) in [6.07, 6.45) is 18.7. The number of rotatable bonds is 6. The minimum Gasteiger partial charge on any atom is -0.0616 e. The molecule has 0 N–H and O–H groups in total. The quantitative estimate of drug-likeness (QED) is 0.156. The fourth-order valence-corrected chi connectivity index (χ4v) is 11.3. The molecule has 8 aromatic carbocycles. The van der Waals surface area contributed by atoms with Crippen LogP contribution in [0.1, 0.15) is 235 Å². The Balaban J connectivity index is 0.000000133. The first-order valence-corrected chi connectivity index (χ1v) is 30.1. The topological polar surface area (TPSA) is 0 Å². The Hall–Kier alpha value is -5.72. The van der Waals surface area contributed by atoms with E-state index in [4.69, 9.17) is 0 Å². The van der Waals surface area contributed by atoms with Crippen molar-refractivity contribution in [3.63, 3.8) is 0 Å². The van der Waals surface area contributed by atoms with Crippen LogP contribution < -0.4 is 0 Å². The van der Waals surface area contributed by atoms with E-state index in [0.29, 0.717) is 35.5 Å². The molecule has 400 valence electrons. The van der Waals surface area contributed by atoms with Crippen molar-refractivity contribution in [2.75, 3.05) is 0 Å². The molecular weight excluding hydrogens is 913 g/mol. The van der Waals surface area contributed by atoms with Crippen molar-refractivity contribution in [3.8, 4) is 0 Å². The van der Waals surface area contributed by atoms with Crippen molar-refractivity contribution < 1.29 is 0 Å². The Labute approximate surface area is 463 Å². The normalized spacial score (nSPS) is 14.0. The molecule has 0 saturated heterocycles. The van der Waals surface area contributed by atoms with Crippen molar-refractivity contribution in [1.82, 2.24) is 0 Å². The highest BCUT2D eigenvalue weighted by Crippen LogP contribution is 2.30. The summed E-state index contributed by atoms with van der Waals surface area (Å²) in [5, 5.41) is 5.33. The van der Waals surface area contributed by atoms with Crippen molar-refractivity contribution in [2.24, 2.45) is 0 Å². The van der Waals surface area contributed by atoms with Crippen molar-refractivity contribution in [3.05, 3.63) is 236 Å². The molecule has 76 heavy (non-hydrogen) atoms. The zero-order valence-electron chi connectivity index (χ0n) is 49.4. The first-order valence-electron chi connectivity index (χ1n) is 30.1. The molecule has 0 fully saturated rings. The molecule has 0 radical (unpaired) electrons. The SMILES string of the molecule is CC(C)c1ccc2c(c1)CCC2.CC(C)c1ccc2c(c1)CCC2.CC(C)c1ccc2c(c1)CCCC2.CC(C)c1ccc2c(c1)CCCC2.CC(C)c1ccc2ccccc2c1.CC(C)c1ccc2ccccc2c1. The zero-order valence-corrected chi connectivity index (χ0v) is 49.4. The van der Waals surface area contributed by atoms with Crippen LogP contribution in [-0.4, -0.2) is 0 Å². The molecule has 0 heterocycles. The average Bonchev–Trinajstić information content (AvgIpc) is 4.13. The lowest BCUT2D eigenvalue weighted by atomic mass is 9.88. The molecular formula is C76H96. The number of benzene rings is 8. The average molecular weight is 1010 g/mol. The van der Waals surface area contributed by atoms with Crippen LogP contribution >= 0.6 is 0 Å². The van der Waals surface area contributed by atoms with E-state index >= 15 is 0 Å². The second-order valence-corrected chi connectivity index (χ2v) is 24.4. The largest absolute Gasteiger partial charge is 0.0616 e. The molecule has 0 saturated carbocycles. The van der Waals surface area contributed by atoms with Gasteiger partial charge in [0.1, 0.15) is 0 Å². The van der Waals surface area contributed by atoms with E-state index in [1.54, 1.807) is 44.5 Å².